The van der Waals surface area contributed by atoms with Gasteiger partial charge in [-0.15, -0.1) is 0 Å². The minimum atomic E-state index is -4.64. The van der Waals surface area contributed by atoms with Gasteiger partial charge in [-0.25, -0.2) is 0 Å². The number of amides is 1. The number of aliphatic carboxylic acids is 1. The lowest BCUT2D eigenvalue weighted by atomic mass is 9.91. The van der Waals surface area contributed by atoms with Crippen molar-refractivity contribution in [2.24, 2.45) is 5.92 Å². The van der Waals surface area contributed by atoms with Crippen LogP contribution < -0.4 is 4.89 Å². The number of alkyl halides is 3. The van der Waals surface area contributed by atoms with E-state index in [0.717, 1.165) is 5.56 Å². The third kappa shape index (κ3) is 5.03. The van der Waals surface area contributed by atoms with Gasteiger partial charge in [0.2, 0.25) is 5.91 Å². The number of benzene rings is 2. The smallest absolute Gasteiger partial charge is 0.417 e. The maximum absolute atomic E-state index is 13.8. The maximum Gasteiger partial charge on any atom is 0.417 e. The van der Waals surface area contributed by atoms with Crippen LogP contribution in [0.5, 0.6) is 5.75 Å². The third-order valence-electron chi connectivity index (χ3n) is 5.83. The summed E-state index contributed by atoms with van der Waals surface area (Å²) < 4.78 is 41.5. The fourth-order valence-corrected chi connectivity index (χ4v) is 4.07. The summed E-state index contributed by atoms with van der Waals surface area (Å²) in [4.78, 5) is 35.2. The second-order valence-electron chi connectivity index (χ2n) is 7.93. The summed E-state index contributed by atoms with van der Waals surface area (Å²) in [5, 5.41) is 9.09. The summed E-state index contributed by atoms with van der Waals surface area (Å²) in [5.41, 5.74) is 0.281. The molecule has 0 atom stereocenters. The number of carboxylic acids is 1. The second kappa shape index (κ2) is 9.27. The molecule has 0 aromatic heterocycles. The lowest BCUT2D eigenvalue weighted by molar-refractivity contribution is -0.215. The number of hydrogen-bond donors (Lipinski definition) is 1. The number of halogens is 3. The molecule has 2 aromatic rings. The molecule has 0 bridgehead atoms. The average molecular weight is 460 g/mol. The molecule has 0 saturated carbocycles. The Morgan fingerprint density at radius 2 is 1.94 bits per heavy atom. The van der Waals surface area contributed by atoms with Gasteiger partial charge < -0.3 is 14.9 Å². The molecule has 2 aliphatic rings. The number of hydrogen-bond acceptors (Lipinski definition) is 4. The average Bonchev–Trinajstić information content (AvgIpc) is 2.81. The number of likely N-dealkylation sites (tertiary alicyclic amines) is 1. The van der Waals surface area contributed by atoms with Crippen molar-refractivity contribution in [1.29, 1.82) is 0 Å². The molecule has 1 amide bonds. The lowest BCUT2D eigenvalue weighted by Gasteiger charge is -2.29. The zero-order valence-electron chi connectivity index (χ0n) is 17.5. The normalized spacial score (nSPS) is 17.0. The van der Waals surface area contributed by atoms with E-state index in [1.807, 2.05) is 0 Å². The Morgan fingerprint density at radius 1 is 1.18 bits per heavy atom. The van der Waals surface area contributed by atoms with E-state index in [9.17, 15) is 22.8 Å². The highest BCUT2D eigenvalue weighted by Gasteiger charge is 2.35. The molecule has 1 saturated heterocycles. The van der Waals surface area contributed by atoms with Crippen LogP contribution in [0.4, 0.5) is 13.2 Å². The van der Waals surface area contributed by atoms with Crippen molar-refractivity contribution in [3.05, 3.63) is 59.2 Å². The van der Waals surface area contributed by atoms with E-state index in [4.69, 9.17) is 14.9 Å². The Kier molecular flexibility index (Phi) is 6.42. The number of nitrogens with zero attached hydrogens (tertiary/aromatic N) is 1. The molecule has 2 aliphatic heterocycles. The number of carbonyl (C=O) groups excluding carboxylic acids is 1. The van der Waals surface area contributed by atoms with Gasteiger partial charge in [0.15, 0.2) is 5.75 Å². The molecule has 173 valence electrons. The van der Waals surface area contributed by atoms with Gasteiger partial charge in [-0.05, 0) is 48.2 Å². The summed E-state index contributed by atoms with van der Waals surface area (Å²) in [6, 6.07) is 9.66. The zero-order chi connectivity index (χ0) is 23.6. The number of fused-ring (bicyclic) bond motifs is 1. The second-order valence-corrected chi connectivity index (χ2v) is 7.93. The highest BCUT2D eigenvalue weighted by Crippen LogP contribution is 2.40. The standard InChI is InChI=1S/C24H21F3NO5/c25-24(26,27)19-3-1-2-15(5-7-21(29)28-11-8-16(9-12-28)23(30)31)22(19)18-4-6-20-17(14-18)10-13-32-33-20/h1-2,4-7,14,16H,8-13H2,(H,30,31)/b7-5+. The number of carboxylic acid groups (broad SMARTS) is 1. The Hall–Kier alpha value is -3.33. The first kappa shape index (κ1) is 22.8. The predicted molar refractivity (Wildman–Crippen MR) is 112 cm³/mol. The van der Waals surface area contributed by atoms with Crippen molar-refractivity contribution >= 4 is 18.0 Å². The molecule has 0 aliphatic carbocycles. The largest absolute Gasteiger partial charge is 0.481 e. The molecule has 2 heterocycles. The monoisotopic (exact) mass is 460 g/mol. The molecule has 0 spiro atoms. The van der Waals surface area contributed by atoms with Gasteiger partial charge in [0, 0.05) is 36.7 Å². The van der Waals surface area contributed by atoms with Crippen molar-refractivity contribution in [2.75, 3.05) is 19.7 Å². The van der Waals surface area contributed by atoms with Gasteiger partial charge in [0.05, 0.1) is 18.1 Å². The summed E-state index contributed by atoms with van der Waals surface area (Å²) in [6.45, 7) is 0.871. The molecule has 0 unspecified atom stereocenters. The highest BCUT2D eigenvalue weighted by molar-refractivity contribution is 5.93. The molecule has 2 aromatic carbocycles. The molecular weight excluding hydrogens is 439 g/mol. The van der Waals surface area contributed by atoms with E-state index in [-0.39, 0.29) is 30.1 Å². The van der Waals surface area contributed by atoms with Gasteiger partial charge in [-0.3, -0.25) is 9.59 Å². The van der Waals surface area contributed by atoms with Gasteiger partial charge in [0.1, 0.15) is 0 Å². The quantitative estimate of drug-likeness (QED) is 0.542. The Morgan fingerprint density at radius 3 is 2.64 bits per heavy atom. The van der Waals surface area contributed by atoms with Crippen LogP contribution in [0.2, 0.25) is 0 Å². The maximum atomic E-state index is 13.8. The van der Waals surface area contributed by atoms with Crippen molar-refractivity contribution in [3.8, 4) is 16.9 Å². The minimum absolute atomic E-state index is 0.0760. The molecule has 6 nitrogen and oxygen atoms in total. The van der Waals surface area contributed by atoms with Crippen LogP contribution in [0.25, 0.3) is 17.2 Å². The van der Waals surface area contributed by atoms with Crippen LogP contribution >= 0.6 is 0 Å². The Labute approximate surface area is 188 Å². The highest BCUT2D eigenvalue weighted by atomic mass is 19.4. The third-order valence-corrected chi connectivity index (χ3v) is 5.83. The summed E-state index contributed by atoms with van der Waals surface area (Å²) >= 11 is 0. The molecule has 1 radical (unpaired) electrons. The van der Waals surface area contributed by atoms with Crippen LogP contribution in [0, 0.1) is 12.0 Å². The van der Waals surface area contributed by atoms with Crippen molar-refractivity contribution < 1.29 is 37.6 Å². The first-order chi connectivity index (χ1) is 15.7. The topological polar surface area (TPSA) is 76.1 Å². The van der Waals surface area contributed by atoms with Crippen molar-refractivity contribution in [2.45, 2.75) is 25.4 Å². The zero-order valence-corrected chi connectivity index (χ0v) is 17.5. The van der Waals surface area contributed by atoms with Gasteiger partial charge in [0.25, 0.3) is 0 Å². The van der Waals surface area contributed by atoms with Crippen LogP contribution in [-0.4, -0.2) is 41.6 Å². The molecule has 9 heteroatoms. The van der Waals surface area contributed by atoms with Gasteiger partial charge in [-0.2, -0.15) is 18.1 Å². The number of carbonyl (C=O) groups is 2. The summed E-state index contributed by atoms with van der Waals surface area (Å²) in [6.07, 6.45) is -0.855. The minimum Gasteiger partial charge on any atom is -0.481 e. The number of piperidine rings is 1. The van der Waals surface area contributed by atoms with E-state index in [2.05, 4.69) is 6.07 Å². The van der Waals surface area contributed by atoms with Crippen LogP contribution in [0.15, 0.2) is 36.4 Å². The molecule has 1 N–H and O–H groups in total. The van der Waals surface area contributed by atoms with E-state index >= 15 is 0 Å². The van der Waals surface area contributed by atoms with E-state index in [0.29, 0.717) is 37.2 Å². The number of rotatable bonds is 4. The fraction of sp³-hybridized carbons (Fsp3) is 0.333. The van der Waals surface area contributed by atoms with E-state index < -0.39 is 23.6 Å². The van der Waals surface area contributed by atoms with Crippen molar-refractivity contribution in [1.82, 2.24) is 4.90 Å². The first-order valence-electron chi connectivity index (χ1n) is 10.5. The Bertz CT molecular complexity index is 1090. The van der Waals surface area contributed by atoms with Crippen molar-refractivity contribution in [3.63, 3.8) is 0 Å². The first-order valence-corrected chi connectivity index (χ1v) is 10.5. The SMILES string of the molecule is O=C(O)C1CCN(C(=O)/C=C/c2cc[c]c(C(F)(F)F)c2-c2ccc3c(c2)CCOO3)CC1. The summed E-state index contributed by atoms with van der Waals surface area (Å²) in [7, 11) is 0. The predicted octanol–water partition coefficient (Wildman–Crippen LogP) is 4.38. The van der Waals surface area contributed by atoms with Crippen LogP contribution in [-0.2, 0) is 27.1 Å². The van der Waals surface area contributed by atoms with Gasteiger partial charge in [-0.1, -0.05) is 18.2 Å². The van der Waals surface area contributed by atoms with Crippen LogP contribution in [0.3, 0.4) is 0 Å². The van der Waals surface area contributed by atoms with E-state index in [1.54, 1.807) is 12.1 Å². The lowest BCUT2D eigenvalue weighted by Crippen LogP contribution is -2.39. The fourth-order valence-electron chi connectivity index (χ4n) is 4.07. The van der Waals surface area contributed by atoms with E-state index in [1.165, 1.54) is 35.3 Å². The molecule has 1 fully saturated rings. The van der Waals surface area contributed by atoms with Crippen LogP contribution in [0.1, 0.15) is 29.5 Å². The molecular formula is C24H21F3NO5. The van der Waals surface area contributed by atoms with Gasteiger partial charge >= 0.3 is 12.1 Å². The Balaban J connectivity index is 1.65. The molecule has 4 rings (SSSR count). The molecule has 33 heavy (non-hydrogen) atoms. The summed E-state index contributed by atoms with van der Waals surface area (Å²) in [5.74, 6) is -1.29.